The molecule has 4 heteroatoms. The highest BCUT2D eigenvalue weighted by atomic mass is 17.2. The van der Waals surface area contributed by atoms with Gasteiger partial charge in [-0.1, -0.05) is 24.3 Å². The SMILES string of the molecule is CC1(C)OOC(c2ccc(C=O)cc2)OC1(C)C. The summed E-state index contributed by atoms with van der Waals surface area (Å²) in [7, 11) is 0. The fourth-order valence-electron chi connectivity index (χ4n) is 1.55. The number of carbonyl (C=O) groups is 1. The zero-order valence-electron chi connectivity index (χ0n) is 11.1. The van der Waals surface area contributed by atoms with Gasteiger partial charge in [0, 0.05) is 11.1 Å². The first-order valence-corrected chi connectivity index (χ1v) is 5.93. The fraction of sp³-hybridized carbons (Fsp3) is 0.500. The molecule has 0 aliphatic carbocycles. The fourth-order valence-corrected chi connectivity index (χ4v) is 1.55. The Kier molecular flexibility index (Phi) is 3.27. The highest BCUT2D eigenvalue weighted by molar-refractivity contribution is 5.74. The molecule has 0 spiro atoms. The van der Waals surface area contributed by atoms with Crippen LogP contribution in [0, 0.1) is 0 Å². The van der Waals surface area contributed by atoms with Gasteiger partial charge in [0.1, 0.15) is 11.9 Å². The van der Waals surface area contributed by atoms with Gasteiger partial charge in [-0.25, -0.2) is 4.89 Å². The van der Waals surface area contributed by atoms with Crippen LogP contribution in [0.5, 0.6) is 0 Å². The summed E-state index contributed by atoms with van der Waals surface area (Å²) in [6.07, 6.45) is 0.226. The molecule has 0 amide bonds. The first kappa shape index (κ1) is 13.2. The summed E-state index contributed by atoms with van der Waals surface area (Å²) < 4.78 is 5.91. The third-order valence-electron chi connectivity index (χ3n) is 3.54. The monoisotopic (exact) mass is 250 g/mol. The Hall–Kier alpha value is -1.23. The third-order valence-corrected chi connectivity index (χ3v) is 3.54. The minimum Gasteiger partial charge on any atom is -0.337 e. The number of rotatable bonds is 2. The van der Waals surface area contributed by atoms with E-state index in [0.29, 0.717) is 5.56 Å². The Balaban J connectivity index is 2.18. The maximum absolute atomic E-state index is 10.6. The van der Waals surface area contributed by atoms with Crippen LogP contribution >= 0.6 is 0 Å². The normalized spacial score (nSPS) is 25.7. The van der Waals surface area contributed by atoms with Crippen LogP contribution in [-0.2, 0) is 14.5 Å². The second-order valence-corrected chi connectivity index (χ2v) is 5.43. The first-order chi connectivity index (χ1) is 8.36. The number of ether oxygens (including phenoxy) is 1. The standard InChI is InChI=1S/C14H18O4/c1-13(2)14(3,4)18-17-12(16-13)11-7-5-10(9-15)6-8-11/h5-9,12H,1-4H3. The van der Waals surface area contributed by atoms with E-state index in [4.69, 9.17) is 14.5 Å². The van der Waals surface area contributed by atoms with Crippen molar-refractivity contribution in [3.8, 4) is 0 Å². The van der Waals surface area contributed by atoms with Crippen LogP contribution in [-0.4, -0.2) is 17.5 Å². The van der Waals surface area contributed by atoms with E-state index in [1.54, 1.807) is 24.3 Å². The maximum Gasteiger partial charge on any atom is 0.218 e. The summed E-state index contributed by atoms with van der Waals surface area (Å²) in [4.78, 5) is 21.3. The van der Waals surface area contributed by atoms with E-state index in [2.05, 4.69) is 0 Å². The minimum atomic E-state index is -0.575. The van der Waals surface area contributed by atoms with Crippen molar-refractivity contribution in [3.63, 3.8) is 0 Å². The van der Waals surface area contributed by atoms with Crippen molar-refractivity contribution >= 4 is 6.29 Å². The van der Waals surface area contributed by atoms with Gasteiger partial charge < -0.3 is 4.74 Å². The number of hydrogen-bond acceptors (Lipinski definition) is 4. The van der Waals surface area contributed by atoms with Crippen LogP contribution < -0.4 is 0 Å². The van der Waals surface area contributed by atoms with Gasteiger partial charge in [-0.15, -0.1) is 0 Å². The third kappa shape index (κ3) is 2.32. The summed E-state index contributed by atoms with van der Waals surface area (Å²) in [6.45, 7) is 7.75. The van der Waals surface area contributed by atoms with Gasteiger partial charge in [-0.2, -0.15) is 4.89 Å². The van der Waals surface area contributed by atoms with Gasteiger partial charge in [0.2, 0.25) is 6.29 Å². The van der Waals surface area contributed by atoms with Crippen molar-refractivity contribution < 1.29 is 19.3 Å². The highest BCUT2D eigenvalue weighted by Crippen LogP contribution is 2.40. The average Bonchev–Trinajstić information content (AvgIpc) is 2.33. The molecule has 98 valence electrons. The predicted octanol–water partition coefficient (Wildman–Crippen LogP) is 3.03. The molecule has 18 heavy (non-hydrogen) atoms. The summed E-state index contributed by atoms with van der Waals surface area (Å²) in [5, 5.41) is 0. The van der Waals surface area contributed by atoms with Gasteiger partial charge in [0.15, 0.2) is 0 Å². The highest BCUT2D eigenvalue weighted by Gasteiger charge is 2.47. The quantitative estimate of drug-likeness (QED) is 0.598. The van der Waals surface area contributed by atoms with Gasteiger partial charge in [0.05, 0.1) is 5.60 Å². The zero-order chi connectivity index (χ0) is 13.4. The molecular weight excluding hydrogens is 232 g/mol. The van der Waals surface area contributed by atoms with Crippen molar-refractivity contribution in [3.05, 3.63) is 35.4 Å². The Bertz CT molecular complexity index is 434. The van der Waals surface area contributed by atoms with Crippen molar-refractivity contribution in [1.82, 2.24) is 0 Å². The summed E-state index contributed by atoms with van der Waals surface area (Å²) in [5.74, 6) is 0. The molecule has 1 aliphatic heterocycles. The molecule has 1 atom stereocenters. The number of aldehydes is 1. The Morgan fingerprint density at radius 2 is 1.67 bits per heavy atom. The molecule has 4 nitrogen and oxygen atoms in total. The molecule has 1 saturated heterocycles. The lowest BCUT2D eigenvalue weighted by Gasteiger charge is -2.46. The van der Waals surface area contributed by atoms with E-state index in [0.717, 1.165) is 11.8 Å². The summed E-state index contributed by atoms with van der Waals surface area (Å²) >= 11 is 0. The molecule has 0 aromatic heterocycles. The van der Waals surface area contributed by atoms with Crippen LogP contribution in [0.3, 0.4) is 0 Å². The second kappa shape index (κ2) is 4.46. The number of carbonyl (C=O) groups excluding carboxylic acids is 1. The molecular formula is C14H18O4. The van der Waals surface area contributed by atoms with Crippen molar-refractivity contribution in [2.45, 2.75) is 45.2 Å². The molecule has 1 aliphatic rings. The van der Waals surface area contributed by atoms with E-state index in [1.807, 2.05) is 27.7 Å². The van der Waals surface area contributed by atoms with Gasteiger partial charge in [-0.3, -0.25) is 4.79 Å². The van der Waals surface area contributed by atoms with Crippen LogP contribution in [0.1, 0.15) is 49.9 Å². The van der Waals surface area contributed by atoms with Crippen molar-refractivity contribution in [1.29, 1.82) is 0 Å². The molecule has 1 aromatic rings. The van der Waals surface area contributed by atoms with Crippen LogP contribution in [0.4, 0.5) is 0 Å². The van der Waals surface area contributed by atoms with E-state index >= 15 is 0 Å². The number of hydrogen-bond donors (Lipinski definition) is 0. The van der Waals surface area contributed by atoms with Gasteiger partial charge >= 0.3 is 0 Å². The number of benzene rings is 1. The summed E-state index contributed by atoms with van der Waals surface area (Å²) in [6, 6.07) is 7.04. The van der Waals surface area contributed by atoms with Crippen LogP contribution in [0.15, 0.2) is 24.3 Å². The largest absolute Gasteiger partial charge is 0.337 e. The smallest absolute Gasteiger partial charge is 0.218 e. The van der Waals surface area contributed by atoms with Crippen LogP contribution in [0.2, 0.25) is 0 Å². The Labute approximate surface area is 107 Å². The topological polar surface area (TPSA) is 44.8 Å². The van der Waals surface area contributed by atoms with Gasteiger partial charge in [-0.05, 0) is 27.7 Å². The molecule has 1 unspecified atom stereocenters. The second-order valence-electron chi connectivity index (χ2n) is 5.43. The molecule has 0 saturated carbocycles. The maximum atomic E-state index is 10.6. The Morgan fingerprint density at radius 3 is 2.17 bits per heavy atom. The van der Waals surface area contributed by atoms with E-state index in [1.165, 1.54) is 0 Å². The first-order valence-electron chi connectivity index (χ1n) is 5.93. The van der Waals surface area contributed by atoms with E-state index in [9.17, 15) is 4.79 Å². The lowest BCUT2D eigenvalue weighted by Crippen LogP contribution is -2.53. The Morgan fingerprint density at radius 1 is 1.06 bits per heavy atom. The molecule has 1 fully saturated rings. The summed E-state index contributed by atoms with van der Waals surface area (Å²) in [5.41, 5.74) is 0.449. The molecule has 1 aromatic carbocycles. The van der Waals surface area contributed by atoms with Crippen molar-refractivity contribution in [2.75, 3.05) is 0 Å². The van der Waals surface area contributed by atoms with E-state index < -0.39 is 17.5 Å². The predicted molar refractivity (Wildman–Crippen MR) is 66.0 cm³/mol. The lowest BCUT2D eigenvalue weighted by molar-refractivity contribution is -0.504. The molecule has 0 radical (unpaired) electrons. The molecule has 1 heterocycles. The molecule has 0 N–H and O–H groups in total. The minimum absolute atomic E-state index is 0.473. The molecule has 0 bridgehead atoms. The van der Waals surface area contributed by atoms with Crippen molar-refractivity contribution in [2.24, 2.45) is 0 Å². The molecule has 2 rings (SSSR count). The van der Waals surface area contributed by atoms with Crippen LogP contribution in [0.25, 0.3) is 0 Å². The lowest BCUT2D eigenvalue weighted by atomic mass is 9.89. The van der Waals surface area contributed by atoms with E-state index in [-0.39, 0.29) is 0 Å². The average molecular weight is 250 g/mol. The van der Waals surface area contributed by atoms with Gasteiger partial charge in [0.25, 0.3) is 0 Å². The zero-order valence-corrected chi connectivity index (χ0v) is 11.1.